The van der Waals surface area contributed by atoms with E-state index in [1.807, 2.05) is 62.4 Å². The summed E-state index contributed by atoms with van der Waals surface area (Å²) in [6.07, 6.45) is 0. The summed E-state index contributed by atoms with van der Waals surface area (Å²) in [5, 5.41) is 6.72. The molecule has 0 radical (unpaired) electrons. The lowest BCUT2D eigenvalue weighted by molar-refractivity contribution is -0.115. The third-order valence-electron chi connectivity index (χ3n) is 3.40. The van der Waals surface area contributed by atoms with Gasteiger partial charge in [0.2, 0.25) is 5.91 Å². The van der Waals surface area contributed by atoms with Crippen molar-refractivity contribution in [3.8, 4) is 5.75 Å². The maximum Gasteiger partial charge on any atom is 0.238 e. The fraction of sp³-hybridized carbons (Fsp3) is 0.278. The molecule has 2 aromatic rings. The minimum atomic E-state index is -0.129. The Morgan fingerprint density at radius 2 is 1.87 bits per heavy atom. The van der Waals surface area contributed by atoms with Crippen LogP contribution in [0.1, 0.15) is 25.5 Å². The van der Waals surface area contributed by atoms with Crippen molar-refractivity contribution < 1.29 is 9.53 Å². The highest BCUT2D eigenvalue weighted by Crippen LogP contribution is 2.24. The first-order valence-electron chi connectivity index (χ1n) is 7.61. The molecule has 2 rings (SSSR count). The summed E-state index contributed by atoms with van der Waals surface area (Å²) in [7, 11) is 0. The summed E-state index contributed by atoms with van der Waals surface area (Å²) in [6, 6.07) is 15.0. The molecule has 4 nitrogen and oxygen atoms in total. The number of hydrogen-bond acceptors (Lipinski definition) is 3. The van der Waals surface area contributed by atoms with Crippen molar-refractivity contribution in [2.24, 2.45) is 0 Å². The van der Waals surface area contributed by atoms with E-state index in [0.29, 0.717) is 23.1 Å². The number of ether oxygens (including phenoxy) is 1. The summed E-state index contributed by atoms with van der Waals surface area (Å²) in [6.45, 7) is 4.62. The minimum absolute atomic E-state index is 0.0171. The monoisotopic (exact) mass is 332 g/mol. The van der Waals surface area contributed by atoms with E-state index < -0.39 is 0 Å². The molecule has 0 aromatic heterocycles. The molecule has 2 aromatic carbocycles. The number of hydrogen-bond donors (Lipinski definition) is 2. The van der Waals surface area contributed by atoms with Crippen molar-refractivity contribution in [1.82, 2.24) is 5.32 Å². The number of benzene rings is 2. The van der Waals surface area contributed by atoms with Crippen LogP contribution in [0.4, 0.5) is 5.69 Å². The van der Waals surface area contributed by atoms with Gasteiger partial charge in [0.25, 0.3) is 0 Å². The van der Waals surface area contributed by atoms with Crippen molar-refractivity contribution in [1.29, 1.82) is 0 Å². The smallest absolute Gasteiger partial charge is 0.238 e. The zero-order chi connectivity index (χ0) is 16.7. The Kier molecular flexibility index (Phi) is 6.44. The number of carbonyl (C=O) groups is 1. The predicted molar refractivity (Wildman–Crippen MR) is 94.1 cm³/mol. The quantitative estimate of drug-likeness (QED) is 0.805. The third-order valence-corrected chi connectivity index (χ3v) is 3.75. The first kappa shape index (κ1) is 17.3. The van der Waals surface area contributed by atoms with Gasteiger partial charge in [0.05, 0.1) is 18.8 Å². The Labute approximate surface area is 141 Å². The molecule has 0 saturated heterocycles. The summed E-state index contributed by atoms with van der Waals surface area (Å²) in [5.74, 6) is 0.540. The van der Waals surface area contributed by atoms with Gasteiger partial charge < -0.3 is 15.4 Å². The van der Waals surface area contributed by atoms with Gasteiger partial charge >= 0.3 is 0 Å². The fourth-order valence-electron chi connectivity index (χ4n) is 2.23. The lowest BCUT2D eigenvalue weighted by atomic mass is 10.1. The van der Waals surface area contributed by atoms with Crippen LogP contribution in [0.25, 0.3) is 0 Å². The average molecular weight is 333 g/mol. The van der Waals surface area contributed by atoms with E-state index >= 15 is 0 Å². The topological polar surface area (TPSA) is 50.4 Å². The molecule has 1 atom stereocenters. The Hall–Kier alpha value is -2.04. The summed E-state index contributed by atoms with van der Waals surface area (Å²) in [4.78, 5) is 12.1. The van der Waals surface area contributed by atoms with Crippen LogP contribution in [-0.4, -0.2) is 19.1 Å². The lowest BCUT2D eigenvalue weighted by Gasteiger charge is -2.16. The van der Waals surface area contributed by atoms with Crippen LogP contribution in [0, 0.1) is 0 Å². The maximum atomic E-state index is 12.1. The van der Waals surface area contributed by atoms with Crippen LogP contribution in [0.3, 0.4) is 0 Å². The zero-order valence-electron chi connectivity index (χ0n) is 13.3. The molecule has 2 N–H and O–H groups in total. The number of halogens is 1. The molecule has 0 aliphatic rings. The molecular weight excluding hydrogens is 312 g/mol. The second-order valence-corrected chi connectivity index (χ2v) is 5.51. The fourth-order valence-corrected chi connectivity index (χ4v) is 2.53. The van der Waals surface area contributed by atoms with Gasteiger partial charge in [-0.1, -0.05) is 41.9 Å². The average Bonchev–Trinajstić information content (AvgIpc) is 2.55. The van der Waals surface area contributed by atoms with Crippen molar-refractivity contribution in [2.45, 2.75) is 19.9 Å². The van der Waals surface area contributed by atoms with Crippen molar-refractivity contribution >= 4 is 23.2 Å². The normalized spacial score (nSPS) is 11.8. The standard InChI is InChI=1S/C18H21ClN2O2/c1-3-23-17-11-7-6-10-16(17)21-18(22)12-20-13(2)14-8-4-5-9-15(14)19/h4-11,13,20H,3,12H2,1-2H3,(H,21,22). The first-order valence-corrected chi connectivity index (χ1v) is 7.99. The van der Waals surface area contributed by atoms with Gasteiger partial charge in [-0.2, -0.15) is 0 Å². The molecule has 0 aliphatic carbocycles. The number of para-hydroxylation sites is 2. The second kappa shape index (κ2) is 8.56. The van der Waals surface area contributed by atoms with Crippen molar-refractivity contribution in [3.63, 3.8) is 0 Å². The van der Waals surface area contributed by atoms with Crippen LogP contribution < -0.4 is 15.4 Å². The Morgan fingerprint density at radius 3 is 2.61 bits per heavy atom. The molecule has 122 valence electrons. The molecular formula is C18H21ClN2O2. The van der Waals surface area contributed by atoms with Crippen LogP contribution in [-0.2, 0) is 4.79 Å². The highest BCUT2D eigenvalue weighted by molar-refractivity contribution is 6.31. The lowest BCUT2D eigenvalue weighted by Crippen LogP contribution is -2.30. The third kappa shape index (κ3) is 4.98. The molecule has 1 unspecified atom stereocenters. The van der Waals surface area contributed by atoms with Gasteiger partial charge in [0.15, 0.2) is 0 Å². The Morgan fingerprint density at radius 1 is 1.17 bits per heavy atom. The maximum absolute atomic E-state index is 12.1. The van der Waals surface area contributed by atoms with Gasteiger partial charge in [0, 0.05) is 11.1 Å². The van der Waals surface area contributed by atoms with Crippen LogP contribution >= 0.6 is 11.6 Å². The molecule has 0 aliphatic heterocycles. The van der Waals surface area contributed by atoms with E-state index in [-0.39, 0.29) is 18.5 Å². The summed E-state index contributed by atoms with van der Waals surface area (Å²) >= 11 is 6.16. The van der Waals surface area contributed by atoms with Gasteiger partial charge in [-0.3, -0.25) is 4.79 Å². The number of anilines is 1. The predicted octanol–water partition coefficient (Wildman–Crippen LogP) is 4.03. The number of carbonyl (C=O) groups excluding carboxylic acids is 1. The Balaban J connectivity index is 1.92. The van der Waals surface area contributed by atoms with Gasteiger partial charge in [-0.25, -0.2) is 0 Å². The van der Waals surface area contributed by atoms with E-state index in [2.05, 4.69) is 10.6 Å². The van der Waals surface area contributed by atoms with E-state index in [9.17, 15) is 4.79 Å². The zero-order valence-corrected chi connectivity index (χ0v) is 14.1. The first-order chi connectivity index (χ1) is 11.1. The highest BCUT2D eigenvalue weighted by atomic mass is 35.5. The van der Waals surface area contributed by atoms with E-state index in [4.69, 9.17) is 16.3 Å². The number of amides is 1. The Bertz CT molecular complexity index is 661. The molecule has 1 amide bonds. The molecule has 5 heteroatoms. The number of nitrogens with one attached hydrogen (secondary N) is 2. The molecule has 0 spiro atoms. The van der Waals surface area contributed by atoms with Crippen LogP contribution in [0.15, 0.2) is 48.5 Å². The summed E-state index contributed by atoms with van der Waals surface area (Å²) in [5.41, 5.74) is 1.64. The minimum Gasteiger partial charge on any atom is -0.492 e. The molecule has 0 saturated carbocycles. The van der Waals surface area contributed by atoms with Gasteiger partial charge in [0.1, 0.15) is 5.75 Å². The number of rotatable bonds is 7. The highest BCUT2D eigenvalue weighted by Gasteiger charge is 2.11. The largest absolute Gasteiger partial charge is 0.492 e. The van der Waals surface area contributed by atoms with Gasteiger partial charge in [-0.15, -0.1) is 0 Å². The van der Waals surface area contributed by atoms with E-state index in [0.717, 1.165) is 5.56 Å². The molecule has 0 heterocycles. The van der Waals surface area contributed by atoms with Crippen molar-refractivity contribution in [3.05, 3.63) is 59.1 Å². The SMILES string of the molecule is CCOc1ccccc1NC(=O)CNC(C)c1ccccc1Cl. The molecule has 0 bridgehead atoms. The van der Waals surface area contributed by atoms with Crippen LogP contribution in [0.5, 0.6) is 5.75 Å². The van der Waals surface area contributed by atoms with Crippen molar-refractivity contribution in [2.75, 3.05) is 18.5 Å². The molecule has 0 fully saturated rings. The summed E-state index contributed by atoms with van der Waals surface area (Å²) < 4.78 is 5.50. The van der Waals surface area contributed by atoms with Crippen LogP contribution in [0.2, 0.25) is 5.02 Å². The van der Waals surface area contributed by atoms with E-state index in [1.165, 1.54) is 0 Å². The van der Waals surface area contributed by atoms with Gasteiger partial charge in [-0.05, 0) is 37.6 Å². The van der Waals surface area contributed by atoms with E-state index in [1.54, 1.807) is 0 Å². The molecule has 23 heavy (non-hydrogen) atoms. The second-order valence-electron chi connectivity index (χ2n) is 5.10.